The second-order valence-corrected chi connectivity index (χ2v) is 10.3. The molecule has 2 heterocycles. The number of nitrogens with zero attached hydrogens (tertiary/aromatic N) is 1. The molecule has 0 saturated carbocycles. The van der Waals surface area contributed by atoms with Crippen LogP contribution in [-0.2, 0) is 12.5 Å². The topological polar surface area (TPSA) is 17.0 Å². The highest BCUT2D eigenvalue weighted by molar-refractivity contribution is 6.14. The predicted octanol–water partition coefficient (Wildman–Crippen LogP) is 9.87. The Kier molecular flexibility index (Phi) is 2.88. The van der Waals surface area contributed by atoms with Crippen LogP contribution in [0.25, 0.3) is 44.3 Å². The van der Waals surface area contributed by atoms with E-state index in [1.165, 1.54) is 24.3 Å². The van der Waals surface area contributed by atoms with Crippen molar-refractivity contribution in [2.75, 3.05) is 0 Å². The summed E-state index contributed by atoms with van der Waals surface area (Å²) in [6.07, 6.45) is -6.73. The largest absolute Gasteiger partial charge is 0.454 e. The van der Waals surface area contributed by atoms with Crippen molar-refractivity contribution in [3.05, 3.63) is 89.1 Å². The van der Waals surface area contributed by atoms with Gasteiger partial charge in [0.25, 0.3) is 0 Å². The molecule has 2 nitrogen and oxygen atoms in total. The Hall–Kier alpha value is -3.39. The zero-order valence-electron chi connectivity index (χ0n) is 41.2. The highest BCUT2D eigenvalue weighted by Crippen LogP contribution is 2.57. The van der Waals surface area contributed by atoms with Crippen LogP contribution in [0, 0.1) is 18.7 Å². The van der Waals surface area contributed by atoms with Gasteiger partial charge in [0.15, 0.2) is 6.20 Å². The molecule has 39 heavy (non-hydrogen) atoms. The number of aromatic nitrogens is 1. The van der Waals surface area contributed by atoms with Crippen LogP contribution in [-0.4, -0.2) is 0 Å². The Balaban J connectivity index is 1.89. The fourth-order valence-electron chi connectivity index (χ4n) is 5.88. The average molecular weight is 536 g/mol. The van der Waals surface area contributed by atoms with Crippen LogP contribution in [0.4, 0.5) is 0 Å². The first-order valence-corrected chi connectivity index (χ1v) is 12.7. The van der Waals surface area contributed by atoms with Crippen LogP contribution >= 0.6 is 0 Å². The van der Waals surface area contributed by atoms with E-state index in [2.05, 4.69) is 0 Å². The summed E-state index contributed by atoms with van der Waals surface area (Å²) in [5.74, 6) is -9.55. The molecule has 0 bridgehead atoms. The van der Waals surface area contributed by atoms with Crippen molar-refractivity contribution in [2.24, 2.45) is 18.8 Å². The van der Waals surface area contributed by atoms with Gasteiger partial charge in [-0.3, -0.25) is 0 Å². The molecular formula is C37H42NO+. The van der Waals surface area contributed by atoms with Gasteiger partial charge in [0, 0.05) is 59.9 Å². The van der Waals surface area contributed by atoms with E-state index in [1.807, 2.05) is 29.7 Å². The first-order valence-electron chi connectivity index (χ1n) is 22.2. The minimum atomic E-state index is -4.28. The molecule has 0 fully saturated rings. The normalized spacial score (nSPS) is 24.3. The fraction of sp³-hybridized carbons (Fsp3) is 0.378. The molecule has 0 amide bonds. The van der Waals surface area contributed by atoms with Crippen LogP contribution in [0.2, 0.25) is 0 Å². The van der Waals surface area contributed by atoms with Gasteiger partial charge in [-0.15, -0.1) is 0 Å². The molecule has 0 atom stereocenters. The van der Waals surface area contributed by atoms with Gasteiger partial charge >= 0.3 is 0 Å². The van der Waals surface area contributed by atoms with Crippen molar-refractivity contribution in [1.29, 1.82) is 0 Å². The third kappa shape index (κ3) is 3.94. The third-order valence-electron chi connectivity index (χ3n) is 7.63. The molecule has 3 aromatic carbocycles. The van der Waals surface area contributed by atoms with E-state index in [0.29, 0.717) is 33.2 Å². The molecule has 0 radical (unpaired) electrons. The lowest BCUT2D eigenvalue weighted by Crippen LogP contribution is -2.31. The van der Waals surface area contributed by atoms with E-state index >= 15 is 0 Å². The van der Waals surface area contributed by atoms with Crippen molar-refractivity contribution >= 4 is 21.9 Å². The third-order valence-corrected chi connectivity index (χ3v) is 7.63. The summed E-state index contributed by atoms with van der Waals surface area (Å²) in [6, 6.07) is 15.0. The van der Waals surface area contributed by atoms with Crippen LogP contribution in [0.5, 0.6) is 0 Å². The van der Waals surface area contributed by atoms with E-state index in [4.69, 9.17) is 22.2 Å². The summed E-state index contributed by atoms with van der Waals surface area (Å²) in [5, 5.41) is 0.878. The van der Waals surface area contributed by atoms with Gasteiger partial charge in [-0.1, -0.05) is 89.8 Å². The first-order chi connectivity index (χ1) is 26.1. The van der Waals surface area contributed by atoms with Crippen LogP contribution in [0.1, 0.15) is 108 Å². The quantitative estimate of drug-likeness (QED) is 0.198. The Morgan fingerprint density at radius 2 is 1.54 bits per heavy atom. The maximum Gasteiger partial charge on any atom is 0.216 e. The zero-order chi connectivity index (χ0) is 44.0. The van der Waals surface area contributed by atoms with Gasteiger partial charge in [0.1, 0.15) is 18.2 Å². The standard InChI is InChI=1S/C37H42NO/c1-22(2)20-37(21-23(3)4)30-12-10-9-11-29(30)34-31(37)16-15-28-27-14-13-25(7)33(35(27)39-36(28)34)32-19-26(24(5)6)17-18-38(32)8/h9-19,22-24H,20-21H2,1-8H3/q+1/i1D3,2D3,3D3,4D3,20D2,21D2,22D,23D,24D. The van der Waals surface area contributed by atoms with Gasteiger partial charge in [-0.25, -0.2) is 4.57 Å². The molecule has 0 aliphatic heterocycles. The van der Waals surface area contributed by atoms with Crippen LogP contribution < -0.4 is 4.57 Å². The second kappa shape index (κ2) is 9.37. The molecule has 0 N–H and O–H groups in total. The monoisotopic (exact) mass is 535 g/mol. The Morgan fingerprint density at radius 3 is 2.23 bits per heavy atom. The number of hydrogen-bond acceptors (Lipinski definition) is 1. The summed E-state index contributed by atoms with van der Waals surface area (Å²) in [7, 11) is 1.80. The lowest BCUT2D eigenvalue weighted by atomic mass is 9.68. The van der Waals surface area contributed by atoms with Crippen molar-refractivity contribution in [3.8, 4) is 22.4 Å². The summed E-state index contributed by atoms with van der Waals surface area (Å²) in [5.41, 5.74) is -2.12. The van der Waals surface area contributed by atoms with E-state index in [-0.39, 0.29) is 16.7 Å². The summed E-state index contributed by atoms with van der Waals surface area (Å²) >= 11 is 0. The number of benzene rings is 3. The lowest BCUT2D eigenvalue weighted by molar-refractivity contribution is -0.660. The van der Waals surface area contributed by atoms with E-state index < -0.39 is 74.4 Å². The van der Waals surface area contributed by atoms with Gasteiger partial charge in [-0.05, 0) is 65.2 Å². The fourth-order valence-corrected chi connectivity index (χ4v) is 5.88. The molecule has 0 saturated heterocycles. The van der Waals surface area contributed by atoms with Gasteiger partial charge in [0.2, 0.25) is 5.69 Å². The molecule has 2 heteroatoms. The number of furan rings is 1. The van der Waals surface area contributed by atoms with Gasteiger partial charge < -0.3 is 4.42 Å². The zero-order valence-corrected chi connectivity index (χ0v) is 22.2. The van der Waals surface area contributed by atoms with Crippen LogP contribution in [0.3, 0.4) is 0 Å². The molecular weight excluding hydrogens is 474 g/mol. The van der Waals surface area contributed by atoms with Crippen LogP contribution in [0.15, 0.2) is 71.3 Å². The van der Waals surface area contributed by atoms with Crippen molar-refractivity contribution < 1.29 is 35.0 Å². The Labute approximate surface area is 260 Å². The number of rotatable bonds is 6. The maximum absolute atomic E-state index is 9.75. The summed E-state index contributed by atoms with van der Waals surface area (Å²) in [6.45, 7) is -11.0. The molecule has 6 rings (SSSR count). The molecule has 1 aliphatic carbocycles. The molecule has 1 aliphatic rings. The van der Waals surface area contributed by atoms with Gasteiger partial charge in [0.05, 0.1) is 5.56 Å². The highest BCUT2D eigenvalue weighted by Gasteiger charge is 2.45. The maximum atomic E-state index is 9.75. The first kappa shape index (κ1) is 12.0. The number of pyridine rings is 1. The molecule has 0 unspecified atom stereocenters. The second-order valence-electron chi connectivity index (χ2n) is 10.3. The molecule has 200 valence electrons. The van der Waals surface area contributed by atoms with E-state index in [0.717, 1.165) is 17.7 Å². The SMILES string of the molecule is [2H]C(C)(C)c1cc[n+](C)c(-c2c(C)ccc3c2oc2c4c(ccc23)C(C([2H])([2H])C([2H])(C([2H])([2H])[2H])C([2H])([2H])[2H])(C([2H])([2H])C([2H])(C([2H])([2H])[2H])C([2H])([2H])[2H])c2ccccc2-4)c1. The number of aryl methyl sites for hydroxylation is 2. The predicted molar refractivity (Wildman–Crippen MR) is 164 cm³/mol. The van der Waals surface area contributed by atoms with E-state index in [1.54, 1.807) is 33.2 Å². The molecule has 0 spiro atoms. The minimum Gasteiger partial charge on any atom is -0.454 e. The molecule has 5 aromatic rings. The van der Waals surface area contributed by atoms with E-state index in [9.17, 15) is 8.22 Å². The van der Waals surface area contributed by atoms with Crippen molar-refractivity contribution in [3.63, 3.8) is 0 Å². The number of fused-ring (bicyclic) bond motifs is 7. The summed E-state index contributed by atoms with van der Waals surface area (Å²) in [4.78, 5) is 0. The van der Waals surface area contributed by atoms with Gasteiger partial charge in [-0.2, -0.15) is 0 Å². The smallest absolute Gasteiger partial charge is 0.216 e. The highest BCUT2D eigenvalue weighted by atomic mass is 16.3. The Morgan fingerprint density at radius 1 is 0.872 bits per heavy atom. The van der Waals surface area contributed by atoms with Crippen molar-refractivity contribution in [1.82, 2.24) is 0 Å². The molecule has 2 aromatic heterocycles. The Bertz CT molecular complexity index is 2380. The van der Waals surface area contributed by atoms with Crippen molar-refractivity contribution in [2.45, 2.75) is 72.2 Å². The minimum absolute atomic E-state index is 0.0448. The summed E-state index contributed by atoms with van der Waals surface area (Å²) < 4.78 is 175. The average Bonchev–Trinajstić information content (AvgIpc) is 3.59. The number of hydrogen-bond donors (Lipinski definition) is 0. The lowest BCUT2D eigenvalue weighted by Gasteiger charge is -2.35.